The van der Waals surface area contributed by atoms with Crippen LogP contribution in [0.5, 0.6) is 5.75 Å². The Kier molecular flexibility index (Phi) is 5.40. The van der Waals surface area contributed by atoms with Crippen molar-refractivity contribution in [3.8, 4) is 5.75 Å². The molecule has 0 unspecified atom stereocenters. The Morgan fingerprint density at radius 1 is 0.964 bits per heavy atom. The van der Waals surface area contributed by atoms with Crippen LogP contribution >= 0.6 is 0 Å². The minimum atomic E-state index is -0.753. The zero-order valence-corrected chi connectivity index (χ0v) is 15.9. The van der Waals surface area contributed by atoms with E-state index >= 15 is 0 Å². The molecule has 1 N–H and O–H groups in total. The topological polar surface area (TPSA) is 75.7 Å². The number of rotatable bonds is 4. The lowest BCUT2D eigenvalue weighted by Gasteiger charge is -2.26. The van der Waals surface area contributed by atoms with Crippen molar-refractivity contribution in [3.63, 3.8) is 0 Å². The molecule has 2 aromatic rings. The van der Waals surface area contributed by atoms with Crippen molar-refractivity contribution in [1.29, 1.82) is 0 Å². The van der Waals surface area contributed by atoms with E-state index in [4.69, 9.17) is 4.74 Å². The lowest BCUT2D eigenvalue weighted by molar-refractivity contribution is -0.122. The van der Waals surface area contributed by atoms with Crippen molar-refractivity contribution in [2.45, 2.75) is 13.8 Å². The number of nitrogens with one attached hydrogen (secondary N) is 1. The summed E-state index contributed by atoms with van der Waals surface area (Å²) in [5, 5.41) is 2.22. The molecule has 1 aliphatic rings. The van der Waals surface area contributed by atoms with Gasteiger partial charge >= 0.3 is 6.03 Å². The van der Waals surface area contributed by atoms with Crippen LogP contribution in [-0.4, -0.2) is 25.0 Å². The Balaban J connectivity index is 1.88. The molecular weight excluding hydrogens is 356 g/mol. The Morgan fingerprint density at radius 3 is 2.21 bits per heavy atom. The number of hydrogen-bond donors (Lipinski definition) is 1. The number of aryl methyl sites for hydroxylation is 2. The summed E-state index contributed by atoms with van der Waals surface area (Å²) in [6.45, 7) is 3.75. The number of carbonyl (C=O) groups is 3. The molecule has 0 bridgehead atoms. The van der Waals surface area contributed by atoms with Crippen molar-refractivity contribution in [3.05, 3.63) is 76.9 Å². The highest BCUT2D eigenvalue weighted by Crippen LogP contribution is 2.23. The van der Waals surface area contributed by atoms with Crippen molar-refractivity contribution >= 4 is 29.6 Å². The second-order valence-corrected chi connectivity index (χ2v) is 6.46. The second kappa shape index (κ2) is 7.92. The number of imide groups is 2. The normalized spacial score (nSPS) is 16.0. The lowest BCUT2D eigenvalue weighted by atomic mass is 10.1. The molecule has 3 rings (SSSR count). The number of allylic oxidation sites excluding steroid dienone is 2. The van der Waals surface area contributed by atoms with E-state index in [9.17, 15) is 14.4 Å². The summed E-state index contributed by atoms with van der Waals surface area (Å²) in [6, 6.07) is 12.0. The van der Waals surface area contributed by atoms with Crippen LogP contribution in [0.15, 0.2) is 60.2 Å². The number of hydrogen-bond acceptors (Lipinski definition) is 4. The molecule has 4 amide bonds. The molecule has 0 radical (unpaired) electrons. The van der Waals surface area contributed by atoms with Gasteiger partial charge < -0.3 is 4.74 Å². The van der Waals surface area contributed by atoms with Crippen molar-refractivity contribution < 1.29 is 19.1 Å². The Morgan fingerprint density at radius 2 is 1.61 bits per heavy atom. The molecule has 1 aliphatic heterocycles. The quantitative estimate of drug-likeness (QED) is 0.654. The molecule has 1 heterocycles. The molecule has 0 saturated carbocycles. The van der Waals surface area contributed by atoms with Crippen molar-refractivity contribution in [2.24, 2.45) is 0 Å². The number of ether oxygens (including phenoxy) is 1. The molecule has 0 atom stereocenters. The summed E-state index contributed by atoms with van der Waals surface area (Å²) in [5.41, 5.74) is 3.03. The van der Waals surface area contributed by atoms with Crippen molar-refractivity contribution in [2.75, 3.05) is 12.0 Å². The van der Waals surface area contributed by atoms with E-state index < -0.39 is 17.8 Å². The SMILES string of the molecule is COc1ccc(/C=C/C=C2\C(=O)NC(=O)N(c3cc(C)cc(C)c3)C2=O)cc1. The van der Waals surface area contributed by atoms with Gasteiger partial charge in [0.1, 0.15) is 11.3 Å². The van der Waals surface area contributed by atoms with Crippen molar-refractivity contribution in [1.82, 2.24) is 5.32 Å². The highest BCUT2D eigenvalue weighted by molar-refractivity contribution is 6.37. The van der Waals surface area contributed by atoms with Gasteiger partial charge in [-0.05, 0) is 60.9 Å². The van der Waals surface area contributed by atoms with Crippen LogP contribution in [0.1, 0.15) is 16.7 Å². The van der Waals surface area contributed by atoms with Gasteiger partial charge in [-0.1, -0.05) is 30.4 Å². The molecule has 1 fully saturated rings. The van der Waals surface area contributed by atoms with Gasteiger partial charge in [0.25, 0.3) is 11.8 Å². The van der Waals surface area contributed by atoms with Crippen LogP contribution in [0.4, 0.5) is 10.5 Å². The van der Waals surface area contributed by atoms with Gasteiger partial charge in [0.2, 0.25) is 0 Å². The maximum absolute atomic E-state index is 12.8. The zero-order valence-electron chi connectivity index (χ0n) is 15.9. The fourth-order valence-electron chi connectivity index (χ4n) is 2.96. The highest BCUT2D eigenvalue weighted by Gasteiger charge is 2.36. The molecule has 2 aromatic carbocycles. The van der Waals surface area contributed by atoms with E-state index in [-0.39, 0.29) is 5.57 Å². The van der Waals surface area contributed by atoms with Gasteiger partial charge in [-0.3, -0.25) is 14.9 Å². The average Bonchev–Trinajstić information content (AvgIpc) is 2.64. The number of amides is 4. The van der Waals surface area contributed by atoms with E-state index in [1.807, 2.05) is 44.2 Å². The standard InChI is InChI=1S/C22H20N2O4/c1-14-11-15(2)13-17(12-14)24-21(26)19(20(25)23-22(24)27)6-4-5-16-7-9-18(28-3)10-8-16/h4-13H,1-3H3,(H,23,25,27)/b5-4+,19-6+. The monoisotopic (exact) mass is 376 g/mol. The van der Waals surface area contributed by atoms with E-state index in [0.29, 0.717) is 5.69 Å². The number of urea groups is 1. The first-order chi connectivity index (χ1) is 13.4. The van der Waals surface area contributed by atoms with Gasteiger partial charge in [0, 0.05) is 0 Å². The van der Waals surface area contributed by atoms with E-state index in [0.717, 1.165) is 27.3 Å². The molecule has 6 heteroatoms. The summed E-state index contributed by atoms with van der Waals surface area (Å²) < 4.78 is 5.11. The Labute approximate surface area is 163 Å². The Bertz CT molecular complexity index is 983. The van der Waals surface area contributed by atoms with Crippen LogP contribution in [0, 0.1) is 13.8 Å². The van der Waals surface area contributed by atoms with Gasteiger partial charge in [0.05, 0.1) is 12.8 Å². The molecule has 0 spiro atoms. The maximum Gasteiger partial charge on any atom is 0.335 e. The summed E-state index contributed by atoms with van der Waals surface area (Å²) in [5.74, 6) is -0.631. The number of carbonyl (C=O) groups excluding carboxylic acids is 3. The minimum Gasteiger partial charge on any atom is -0.497 e. The lowest BCUT2D eigenvalue weighted by Crippen LogP contribution is -2.54. The van der Waals surface area contributed by atoms with Gasteiger partial charge in [-0.15, -0.1) is 0 Å². The summed E-state index contributed by atoms with van der Waals surface area (Å²) in [6.07, 6.45) is 4.76. The largest absolute Gasteiger partial charge is 0.497 e. The summed E-state index contributed by atoms with van der Waals surface area (Å²) in [7, 11) is 1.59. The molecule has 0 aliphatic carbocycles. The van der Waals surface area contributed by atoms with Crippen LogP contribution in [-0.2, 0) is 9.59 Å². The van der Waals surface area contributed by atoms with Crippen LogP contribution in [0.3, 0.4) is 0 Å². The van der Waals surface area contributed by atoms with Crippen LogP contribution in [0.2, 0.25) is 0 Å². The maximum atomic E-state index is 12.8. The Hall–Kier alpha value is -3.67. The highest BCUT2D eigenvalue weighted by atomic mass is 16.5. The fraction of sp³-hybridized carbons (Fsp3) is 0.136. The zero-order chi connectivity index (χ0) is 20.3. The molecule has 6 nitrogen and oxygen atoms in total. The number of anilines is 1. The number of methoxy groups -OCH3 is 1. The first kappa shape index (κ1) is 19.1. The third-order valence-corrected chi connectivity index (χ3v) is 4.23. The summed E-state index contributed by atoms with van der Waals surface area (Å²) in [4.78, 5) is 38.2. The van der Waals surface area contributed by atoms with Gasteiger partial charge in [-0.2, -0.15) is 0 Å². The van der Waals surface area contributed by atoms with E-state index in [1.165, 1.54) is 6.08 Å². The smallest absolute Gasteiger partial charge is 0.335 e. The number of nitrogens with zero attached hydrogens (tertiary/aromatic N) is 1. The van der Waals surface area contributed by atoms with E-state index in [1.54, 1.807) is 31.4 Å². The summed E-state index contributed by atoms with van der Waals surface area (Å²) >= 11 is 0. The second-order valence-electron chi connectivity index (χ2n) is 6.46. The minimum absolute atomic E-state index is 0.108. The first-order valence-corrected chi connectivity index (χ1v) is 8.69. The molecule has 1 saturated heterocycles. The van der Waals surface area contributed by atoms with Crippen LogP contribution in [0.25, 0.3) is 6.08 Å². The first-order valence-electron chi connectivity index (χ1n) is 8.69. The number of barbiturate groups is 1. The molecule has 0 aromatic heterocycles. The van der Waals surface area contributed by atoms with E-state index in [2.05, 4.69) is 5.32 Å². The molecule has 142 valence electrons. The third kappa shape index (κ3) is 4.01. The third-order valence-electron chi connectivity index (χ3n) is 4.23. The predicted molar refractivity (Wildman–Crippen MR) is 107 cm³/mol. The predicted octanol–water partition coefficient (Wildman–Crippen LogP) is 3.53. The average molecular weight is 376 g/mol. The fourth-order valence-corrected chi connectivity index (χ4v) is 2.96. The van der Waals surface area contributed by atoms with Crippen LogP contribution < -0.4 is 15.0 Å². The van der Waals surface area contributed by atoms with Gasteiger partial charge in [-0.25, -0.2) is 9.69 Å². The number of benzene rings is 2. The molecular formula is C22H20N2O4. The van der Waals surface area contributed by atoms with Gasteiger partial charge in [0.15, 0.2) is 0 Å². The molecule has 28 heavy (non-hydrogen) atoms.